The topological polar surface area (TPSA) is 105 Å². The Kier molecular flexibility index (Phi) is 5.03. The fraction of sp³-hybridized carbons (Fsp3) is 0.176. The summed E-state index contributed by atoms with van der Waals surface area (Å²) < 4.78 is 93.9. The van der Waals surface area contributed by atoms with Crippen molar-refractivity contribution in [3.05, 3.63) is 80.3 Å². The Hall–Kier alpha value is -3.84. The zero-order chi connectivity index (χ0) is 23.2. The molecule has 0 aliphatic heterocycles. The number of rotatable bonds is 6. The summed E-state index contributed by atoms with van der Waals surface area (Å²) in [5.41, 5.74) is -1.39. The van der Waals surface area contributed by atoms with Gasteiger partial charge in [-0.15, -0.1) is 0 Å². The summed E-state index contributed by atoms with van der Waals surface area (Å²) in [6.45, 7) is 0. The van der Waals surface area contributed by atoms with Gasteiger partial charge in [0.2, 0.25) is 11.5 Å². The van der Waals surface area contributed by atoms with Gasteiger partial charge in [-0.1, -0.05) is 12.1 Å². The molecule has 0 spiro atoms. The van der Waals surface area contributed by atoms with Crippen molar-refractivity contribution in [2.75, 3.05) is 0 Å². The Morgan fingerprint density at radius 2 is 1.03 bits per heavy atom. The van der Waals surface area contributed by atoms with Gasteiger partial charge in [-0.3, -0.25) is 20.2 Å². The monoisotopic (exact) mass is 450 g/mol. The standard InChI is InChI=1S/C17H8F6N2O6/c18-15(19)13(30-11-5-1-3-9(7-11)24(26)27)14(16(20,21)17(15,22)23)31-12-6-2-4-10(8-12)25(28)29/h1-8H. The maximum Gasteiger partial charge on any atom is 0.387 e. The van der Waals surface area contributed by atoms with E-state index >= 15 is 0 Å². The van der Waals surface area contributed by atoms with Crippen LogP contribution in [0.5, 0.6) is 11.5 Å². The third kappa shape index (κ3) is 3.49. The summed E-state index contributed by atoms with van der Waals surface area (Å²) in [5.74, 6) is -23.4. The van der Waals surface area contributed by atoms with Crippen molar-refractivity contribution in [2.24, 2.45) is 0 Å². The second-order valence-corrected chi connectivity index (χ2v) is 6.09. The predicted octanol–water partition coefficient (Wildman–Crippen LogP) is 5.09. The van der Waals surface area contributed by atoms with Gasteiger partial charge in [0.05, 0.1) is 22.0 Å². The molecule has 0 aromatic heterocycles. The summed E-state index contributed by atoms with van der Waals surface area (Å²) in [7, 11) is 0. The molecule has 0 saturated heterocycles. The molecule has 1 aliphatic rings. The lowest BCUT2D eigenvalue weighted by Gasteiger charge is -2.24. The molecule has 0 atom stereocenters. The van der Waals surface area contributed by atoms with E-state index in [0.717, 1.165) is 36.4 Å². The van der Waals surface area contributed by atoms with Gasteiger partial charge in [0.15, 0.2) is 0 Å². The molecule has 1 aliphatic carbocycles. The first-order valence-electron chi connectivity index (χ1n) is 8.02. The van der Waals surface area contributed by atoms with Crippen molar-refractivity contribution >= 4 is 11.4 Å². The second-order valence-electron chi connectivity index (χ2n) is 6.09. The van der Waals surface area contributed by atoms with Crippen molar-refractivity contribution in [1.82, 2.24) is 0 Å². The number of benzene rings is 2. The highest BCUT2D eigenvalue weighted by molar-refractivity contribution is 5.44. The van der Waals surface area contributed by atoms with Gasteiger partial charge in [0.25, 0.3) is 11.4 Å². The minimum absolute atomic E-state index is 0.544. The van der Waals surface area contributed by atoms with E-state index in [1.54, 1.807) is 0 Å². The number of hydrogen-bond acceptors (Lipinski definition) is 6. The highest BCUT2D eigenvalue weighted by Gasteiger charge is 2.83. The number of nitro groups is 2. The molecule has 0 amide bonds. The number of ether oxygens (including phenoxy) is 2. The summed E-state index contributed by atoms with van der Waals surface area (Å²) in [5, 5.41) is 21.6. The first-order valence-corrected chi connectivity index (χ1v) is 8.02. The van der Waals surface area contributed by atoms with Crippen molar-refractivity contribution in [1.29, 1.82) is 0 Å². The largest absolute Gasteiger partial charge is 0.451 e. The Morgan fingerprint density at radius 1 is 0.677 bits per heavy atom. The van der Waals surface area contributed by atoms with Crippen LogP contribution in [0.25, 0.3) is 0 Å². The SMILES string of the molecule is O=[N+]([O-])c1cccc(OC2=C(Oc3cccc([N+](=O)[O-])c3)C(F)(F)C(F)(F)C2(F)F)c1. The van der Waals surface area contributed by atoms with Gasteiger partial charge in [-0.25, -0.2) is 0 Å². The molecule has 3 rings (SSSR count). The Morgan fingerprint density at radius 3 is 1.35 bits per heavy atom. The smallest absolute Gasteiger partial charge is 0.387 e. The molecular formula is C17H8F6N2O6. The Balaban J connectivity index is 2.13. The molecule has 0 fully saturated rings. The van der Waals surface area contributed by atoms with Crippen LogP contribution < -0.4 is 9.47 Å². The highest BCUT2D eigenvalue weighted by Crippen LogP contribution is 2.59. The van der Waals surface area contributed by atoms with Gasteiger partial charge in [0, 0.05) is 12.1 Å². The van der Waals surface area contributed by atoms with Crippen LogP contribution in [0.15, 0.2) is 60.0 Å². The quantitative estimate of drug-likeness (QED) is 0.345. The summed E-state index contributed by atoms with van der Waals surface area (Å²) in [6.07, 6.45) is 0. The lowest BCUT2D eigenvalue weighted by Crippen LogP contribution is -2.50. The number of alkyl halides is 6. The van der Waals surface area contributed by atoms with Crippen LogP contribution in [-0.4, -0.2) is 27.6 Å². The molecule has 164 valence electrons. The zero-order valence-electron chi connectivity index (χ0n) is 14.7. The van der Waals surface area contributed by atoms with E-state index < -0.39 is 62.0 Å². The van der Waals surface area contributed by atoms with Gasteiger partial charge >= 0.3 is 17.8 Å². The third-order valence-electron chi connectivity index (χ3n) is 4.06. The summed E-state index contributed by atoms with van der Waals surface area (Å²) >= 11 is 0. The van der Waals surface area contributed by atoms with E-state index in [0.29, 0.717) is 12.1 Å². The molecule has 0 unspecified atom stereocenters. The fourth-order valence-corrected chi connectivity index (χ4v) is 2.55. The number of allylic oxidation sites excluding steroid dienone is 2. The molecule has 0 saturated carbocycles. The van der Waals surface area contributed by atoms with E-state index in [1.165, 1.54) is 0 Å². The molecule has 31 heavy (non-hydrogen) atoms. The molecule has 0 radical (unpaired) electrons. The van der Waals surface area contributed by atoms with Crippen LogP contribution in [0, 0.1) is 20.2 Å². The normalized spacial score (nSPS) is 18.5. The molecule has 2 aromatic rings. The maximum absolute atomic E-state index is 14.3. The minimum Gasteiger partial charge on any atom is -0.451 e. The first kappa shape index (κ1) is 21.9. The number of nitro benzene ring substituents is 2. The average Bonchev–Trinajstić information content (AvgIpc) is 2.78. The van der Waals surface area contributed by atoms with E-state index in [9.17, 15) is 46.6 Å². The minimum atomic E-state index is -5.99. The molecule has 0 heterocycles. The average molecular weight is 450 g/mol. The second kappa shape index (κ2) is 7.14. The summed E-state index contributed by atoms with van der Waals surface area (Å²) in [4.78, 5) is 19.7. The van der Waals surface area contributed by atoms with Crippen LogP contribution in [0.2, 0.25) is 0 Å². The van der Waals surface area contributed by atoms with Crippen molar-refractivity contribution in [3.63, 3.8) is 0 Å². The first-order chi connectivity index (χ1) is 14.3. The summed E-state index contributed by atoms with van der Waals surface area (Å²) in [6, 6.07) is 6.46. The molecule has 0 N–H and O–H groups in total. The van der Waals surface area contributed by atoms with Crippen LogP contribution in [-0.2, 0) is 0 Å². The Labute approximate surface area is 167 Å². The van der Waals surface area contributed by atoms with Crippen molar-refractivity contribution in [2.45, 2.75) is 17.8 Å². The van der Waals surface area contributed by atoms with Crippen LogP contribution in [0.1, 0.15) is 0 Å². The third-order valence-corrected chi connectivity index (χ3v) is 4.06. The molecule has 14 heteroatoms. The fourth-order valence-electron chi connectivity index (χ4n) is 2.55. The molecule has 8 nitrogen and oxygen atoms in total. The van der Waals surface area contributed by atoms with Crippen LogP contribution in [0.4, 0.5) is 37.7 Å². The van der Waals surface area contributed by atoms with E-state index in [1.807, 2.05) is 0 Å². The number of halogens is 6. The van der Waals surface area contributed by atoms with Crippen molar-refractivity contribution in [3.8, 4) is 11.5 Å². The van der Waals surface area contributed by atoms with Crippen LogP contribution >= 0.6 is 0 Å². The predicted molar refractivity (Wildman–Crippen MR) is 89.3 cm³/mol. The molecular weight excluding hydrogens is 442 g/mol. The van der Waals surface area contributed by atoms with Crippen LogP contribution in [0.3, 0.4) is 0 Å². The van der Waals surface area contributed by atoms with Gasteiger partial charge in [0.1, 0.15) is 11.5 Å². The lowest BCUT2D eigenvalue weighted by molar-refractivity contribution is -0.385. The lowest BCUT2D eigenvalue weighted by atomic mass is 10.1. The number of non-ortho nitro benzene ring substituents is 2. The zero-order valence-corrected chi connectivity index (χ0v) is 14.7. The Bertz CT molecular complexity index is 1020. The van der Waals surface area contributed by atoms with Gasteiger partial charge < -0.3 is 9.47 Å². The molecule has 0 bridgehead atoms. The van der Waals surface area contributed by atoms with Crippen molar-refractivity contribution < 1.29 is 45.7 Å². The van der Waals surface area contributed by atoms with E-state index in [2.05, 4.69) is 9.47 Å². The molecule has 2 aromatic carbocycles. The highest BCUT2D eigenvalue weighted by atomic mass is 19.3. The number of nitrogens with zero attached hydrogens (tertiary/aromatic N) is 2. The number of hydrogen-bond donors (Lipinski definition) is 0. The van der Waals surface area contributed by atoms with Gasteiger partial charge in [-0.2, -0.15) is 26.3 Å². The van der Waals surface area contributed by atoms with Gasteiger partial charge in [-0.05, 0) is 12.1 Å². The van der Waals surface area contributed by atoms with E-state index in [4.69, 9.17) is 0 Å². The maximum atomic E-state index is 14.3. The van der Waals surface area contributed by atoms with E-state index in [-0.39, 0.29) is 0 Å².